The van der Waals surface area contributed by atoms with E-state index in [1.165, 1.54) is 25.6 Å². The molecule has 2 fully saturated rings. The summed E-state index contributed by atoms with van der Waals surface area (Å²) in [5.41, 5.74) is 11.8. The Balaban J connectivity index is 0.000000348. The molecule has 76 heavy (non-hydrogen) atoms. The molecule has 4 atom stereocenters. The first kappa shape index (κ1) is 66.2. The first-order chi connectivity index (χ1) is 35.5. The predicted octanol–water partition coefficient (Wildman–Crippen LogP) is 8.87. The zero-order valence-electron chi connectivity index (χ0n) is 47.8. The zero-order chi connectivity index (χ0) is 57.0. The Labute approximate surface area is 467 Å². The second-order valence-electron chi connectivity index (χ2n) is 22.6. The van der Waals surface area contributed by atoms with E-state index in [1.54, 1.807) is 0 Å². The van der Waals surface area contributed by atoms with Gasteiger partial charge in [-0.05, 0) is 93.2 Å². The van der Waals surface area contributed by atoms with Gasteiger partial charge in [0.2, 0.25) is 13.1 Å². The Hall–Kier alpha value is -4.12. The van der Waals surface area contributed by atoms with Crippen molar-refractivity contribution in [2.24, 2.45) is 24.8 Å². The van der Waals surface area contributed by atoms with Gasteiger partial charge in [0.05, 0.1) is 11.6 Å². The van der Waals surface area contributed by atoms with Gasteiger partial charge in [0.15, 0.2) is 22.4 Å². The van der Waals surface area contributed by atoms with E-state index in [1.807, 2.05) is 59.9 Å². The standard InChI is InChI=1S/C27H42BN5O3Si.C22H35BN4O2Si.C3H7N.C2H2Cl2O/c1-20(36-37(6,7)27(2,3)4)26-31-24(17-32(26)5)22-11-9-21(10-12-22)15-23(30-19-28-35)16-29-25(34)18-33-13-8-14-33;1-15(29-30(6,7)22(2,3)4)20-26-19(14-27(20)5)17-10-8-16(9-11-17)12-18(13-24)25-21(23)28;1-2-4-3-1;3-1-2(4)5/h9-12,17,19-20,23H,8,13-16,18H2,1-7H3,(H,29,34);8-11,14-15,18H,12-13,24H2,1-7H3,(H,25,28);4H,1-3H2;1H2. The summed E-state index contributed by atoms with van der Waals surface area (Å²) in [5.74, 6) is 1.19. The Kier molecular flexibility index (Phi) is 26.9. The van der Waals surface area contributed by atoms with Crippen LogP contribution >= 0.6 is 23.2 Å². The predicted molar refractivity (Wildman–Crippen MR) is 317 cm³/mol. The number of carbonyl (C=O) groups excluding carboxylic acids is 3. The van der Waals surface area contributed by atoms with E-state index in [0.717, 1.165) is 64.8 Å². The quantitative estimate of drug-likeness (QED) is 0.0269. The maximum absolute atomic E-state index is 12.2. The smallest absolute Gasteiger partial charge is 0.407 e. The monoisotopic (exact) mass is 1120 g/mol. The number of aromatic nitrogens is 4. The molecular formula is C54H86B2Cl2N10O6Si2. The van der Waals surface area contributed by atoms with Gasteiger partial charge in [0.1, 0.15) is 11.9 Å². The number of halogens is 2. The van der Waals surface area contributed by atoms with Gasteiger partial charge in [-0.1, -0.05) is 65.8 Å². The number of hydrogen-bond donors (Lipinski definition) is 4. The number of amides is 2. The van der Waals surface area contributed by atoms with Crippen molar-refractivity contribution in [3.8, 4) is 22.5 Å². The molecule has 2 aliphatic rings. The Morgan fingerprint density at radius 1 is 0.829 bits per heavy atom. The average molecular weight is 1120 g/mol. The van der Waals surface area contributed by atoms with Crippen LogP contribution in [0.1, 0.15) is 103 Å². The number of aliphatic imine (C=N–C) groups is 1. The Morgan fingerprint density at radius 3 is 1.58 bits per heavy atom. The van der Waals surface area contributed by atoms with Crippen molar-refractivity contribution in [1.82, 2.24) is 40.0 Å². The summed E-state index contributed by atoms with van der Waals surface area (Å²) in [6.45, 7) is 32.3. The second kappa shape index (κ2) is 30.9. The summed E-state index contributed by atoms with van der Waals surface area (Å²) >= 11 is 9.55. The summed E-state index contributed by atoms with van der Waals surface area (Å²) in [5, 5.41) is 8.51. The molecule has 6 rings (SSSR count). The summed E-state index contributed by atoms with van der Waals surface area (Å²) in [6.07, 6.45) is 8.97. The van der Waals surface area contributed by atoms with Gasteiger partial charge >= 0.3 is 165 Å². The molecule has 0 aliphatic carbocycles. The van der Waals surface area contributed by atoms with Crippen molar-refractivity contribution in [3.63, 3.8) is 0 Å². The summed E-state index contributed by atoms with van der Waals surface area (Å²) in [6, 6.07) is 16.0. The number of alkyl halides is 1. The van der Waals surface area contributed by atoms with Gasteiger partial charge in [-0.15, -0.1) is 11.6 Å². The molecular weight excluding hydrogens is 1030 g/mol. The molecule has 16 nitrogen and oxygen atoms in total. The van der Waals surface area contributed by atoms with E-state index in [9.17, 15) is 19.1 Å². The Bertz CT molecular complexity index is 2470. The molecule has 4 aromatic rings. The first-order valence-corrected chi connectivity index (χ1v) is 33.0. The molecule has 2 aromatic carbocycles. The second-order valence-corrected chi connectivity index (χ2v) is 32.8. The molecule has 2 radical (unpaired) electrons. The van der Waals surface area contributed by atoms with E-state index in [0.29, 0.717) is 39.6 Å². The molecule has 22 heteroatoms. The third-order valence-electron chi connectivity index (χ3n) is 14.2. The number of nitrogens with one attached hydrogen (secondary N) is 3. The number of nitrogens with two attached hydrogens (primary N) is 1. The fourth-order valence-corrected chi connectivity index (χ4v) is 10.1. The van der Waals surface area contributed by atoms with Crippen molar-refractivity contribution in [2.45, 2.75) is 142 Å². The number of carbonyl (C=O) groups is 3. The molecule has 416 valence electrons. The summed E-state index contributed by atoms with van der Waals surface area (Å²) in [4.78, 5) is 48.9. The van der Waals surface area contributed by atoms with Crippen LogP contribution in [0.25, 0.3) is 22.5 Å². The fraction of sp³-hybridized carbons (Fsp3) is 0.593. The van der Waals surface area contributed by atoms with Crippen LogP contribution in [-0.2, 0) is 50.1 Å². The molecule has 4 heterocycles. The van der Waals surface area contributed by atoms with E-state index < -0.39 is 27.7 Å². The zero-order valence-corrected chi connectivity index (χ0v) is 51.3. The Morgan fingerprint density at radius 2 is 1.25 bits per heavy atom. The molecule has 2 amide bonds. The number of hydrogen-bond acceptors (Lipinski definition) is 12. The van der Waals surface area contributed by atoms with Gasteiger partial charge < -0.3 is 29.8 Å². The molecule has 0 bridgehead atoms. The third kappa shape index (κ3) is 22.0. The number of imidazole rings is 2. The molecule has 5 N–H and O–H groups in total. The van der Waals surface area contributed by atoms with Crippen molar-refractivity contribution in [2.75, 3.05) is 51.7 Å². The van der Waals surface area contributed by atoms with Crippen LogP contribution in [0.2, 0.25) is 36.3 Å². The van der Waals surface area contributed by atoms with Crippen molar-refractivity contribution in [1.29, 1.82) is 0 Å². The van der Waals surface area contributed by atoms with Crippen LogP contribution in [-0.4, -0.2) is 142 Å². The number of aryl methyl sites for hydroxylation is 2. The number of rotatable bonds is 21. The van der Waals surface area contributed by atoms with Crippen LogP contribution in [0.3, 0.4) is 0 Å². The van der Waals surface area contributed by atoms with Gasteiger partial charge in [-0.2, -0.15) is 0 Å². The van der Waals surface area contributed by atoms with Gasteiger partial charge in [-0.3, -0.25) is 9.59 Å². The van der Waals surface area contributed by atoms with Crippen LogP contribution < -0.4 is 21.7 Å². The SMILES string of the molecule is C1CNC1.CC(O[Si](C)(C)C(C)(C)C)c1nc(-c2ccc(CC(CNC(=O)CN3CCC3)N=CB=O)cc2)cn1C.O=C(Cl)CCl.[B]C(=O)NC(CN)Cc1ccc(-c2cn(C)c(C(C)O[Si](C)(C)C(C)(C)C)n2)cc1. The van der Waals surface area contributed by atoms with Crippen LogP contribution in [0.4, 0.5) is 4.79 Å². The maximum atomic E-state index is 12.2. The molecule has 2 aromatic heterocycles. The normalized spacial score (nSPS) is 15.4. The minimum atomic E-state index is -1.91. The molecule has 0 spiro atoms. The molecule has 4 unspecified atom stereocenters. The van der Waals surface area contributed by atoms with E-state index in [-0.39, 0.29) is 46.2 Å². The van der Waals surface area contributed by atoms with E-state index in [2.05, 4.69) is 132 Å². The molecule has 0 saturated carbocycles. The van der Waals surface area contributed by atoms with Gasteiger partial charge in [0, 0.05) is 31.4 Å². The van der Waals surface area contributed by atoms with Crippen LogP contribution in [0.15, 0.2) is 65.9 Å². The third-order valence-corrected chi connectivity index (χ3v) is 23.8. The van der Waals surface area contributed by atoms with Crippen molar-refractivity contribution in [3.05, 3.63) is 83.7 Å². The fourth-order valence-electron chi connectivity index (χ4n) is 7.45. The average Bonchev–Trinajstić information content (AvgIpc) is 3.89. The molecule has 2 aliphatic heterocycles. The topological polar surface area (TPSA) is 200 Å². The molecule has 2 saturated heterocycles. The van der Waals surface area contributed by atoms with Gasteiger partial charge in [-0.25, -0.2) is 4.98 Å². The van der Waals surface area contributed by atoms with E-state index in [4.69, 9.17) is 55.6 Å². The number of likely N-dealkylation sites (tertiary alicyclic amines) is 1. The first-order valence-electron chi connectivity index (χ1n) is 26.3. The minimum Gasteiger partial charge on any atom is -0.407 e. The number of benzene rings is 2. The van der Waals surface area contributed by atoms with Crippen molar-refractivity contribution < 1.29 is 27.9 Å². The van der Waals surface area contributed by atoms with Crippen molar-refractivity contribution >= 4 is 77.9 Å². The summed E-state index contributed by atoms with van der Waals surface area (Å²) in [7, 11) is 6.09. The number of nitrogens with zero attached hydrogens (tertiary/aromatic N) is 6. The van der Waals surface area contributed by atoms with E-state index >= 15 is 0 Å². The van der Waals surface area contributed by atoms with Crippen LogP contribution in [0, 0.1) is 0 Å². The van der Waals surface area contributed by atoms with Gasteiger partial charge in [0.25, 0.3) is 0 Å². The van der Waals surface area contributed by atoms with Crippen LogP contribution in [0.5, 0.6) is 0 Å². The summed E-state index contributed by atoms with van der Waals surface area (Å²) < 4.78 is 28.0. The minimum absolute atomic E-state index is 0.000862.